The molecule has 0 saturated heterocycles. The van der Waals surface area contributed by atoms with E-state index in [0.717, 1.165) is 31.8 Å². The third-order valence-electron chi connectivity index (χ3n) is 10.8. The van der Waals surface area contributed by atoms with Gasteiger partial charge in [-0.1, -0.05) is 182 Å². The molecule has 0 aromatic heterocycles. The monoisotopic (exact) mass is 810 g/mol. The maximum absolute atomic E-state index is 15.6. The Morgan fingerprint density at radius 2 is 0.491 bits per heavy atom. The molecule has 0 heterocycles. The summed E-state index contributed by atoms with van der Waals surface area (Å²) < 4.78 is 18.0. The summed E-state index contributed by atoms with van der Waals surface area (Å²) in [7, 11) is -0.770. The van der Waals surface area contributed by atoms with Crippen LogP contribution in [-0.2, 0) is 28.6 Å². The molecule has 1 aliphatic rings. The quantitative estimate of drug-likeness (QED) is 0.0734. The lowest BCUT2D eigenvalue weighted by Crippen LogP contribution is -2.66. The van der Waals surface area contributed by atoms with Crippen LogP contribution in [0.4, 0.5) is 0 Å². The van der Waals surface area contributed by atoms with Crippen LogP contribution in [0.2, 0.25) is 0 Å². The number of hydrogen-bond acceptors (Lipinski definition) is 6. The van der Waals surface area contributed by atoms with E-state index in [9.17, 15) is 0 Å². The number of ether oxygens (including phenoxy) is 3. The van der Waals surface area contributed by atoms with Gasteiger partial charge >= 0.3 is 17.9 Å². The highest BCUT2D eigenvalue weighted by Crippen LogP contribution is 2.72. The van der Waals surface area contributed by atoms with Crippen molar-refractivity contribution in [2.45, 2.75) is 34.7 Å². The lowest BCUT2D eigenvalue weighted by atomic mass is 9.72. The smallest absolute Gasteiger partial charge is 0.316 e. The molecule has 6 aromatic rings. The zero-order valence-electron chi connectivity index (χ0n) is 32.2. The minimum Gasteiger partial charge on any atom is -0.468 e. The van der Waals surface area contributed by atoms with Gasteiger partial charge in [0.1, 0.15) is 0 Å². The molecule has 0 spiro atoms. The van der Waals surface area contributed by atoms with Crippen LogP contribution in [0.3, 0.4) is 0 Å². The summed E-state index contributed by atoms with van der Waals surface area (Å²) in [5.41, 5.74) is 0. The summed E-state index contributed by atoms with van der Waals surface area (Å²) in [4.78, 5) is 46.7. The summed E-state index contributed by atoms with van der Waals surface area (Å²) in [6.07, 6.45) is 0.196. The fraction of sp³-hybridized carbons (Fsp3) is 0.188. The van der Waals surface area contributed by atoms with Crippen molar-refractivity contribution in [3.8, 4) is 0 Å². The first-order valence-electron chi connectivity index (χ1n) is 18.8. The third kappa shape index (κ3) is 7.60. The first-order chi connectivity index (χ1) is 27.8. The number of benzene rings is 6. The van der Waals surface area contributed by atoms with E-state index in [1.807, 2.05) is 182 Å². The van der Waals surface area contributed by atoms with E-state index in [1.54, 1.807) is 0 Å². The van der Waals surface area contributed by atoms with Crippen molar-refractivity contribution in [2.24, 2.45) is 0 Å². The molecular weight excluding hydrogens is 765 g/mol. The molecule has 1 aliphatic carbocycles. The van der Waals surface area contributed by atoms with Gasteiger partial charge in [-0.25, -0.2) is 0 Å². The van der Waals surface area contributed by atoms with Gasteiger partial charge in [0.05, 0.1) is 36.8 Å². The molecule has 0 N–H and O–H groups in total. The molecule has 0 radical (unpaired) electrons. The minimum absolute atomic E-state index is 0.0653. The van der Waals surface area contributed by atoms with Crippen LogP contribution < -0.4 is 31.8 Å². The maximum atomic E-state index is 15.6. The molecule has 0 amide bonds. The van der Waals surface area contributed by atoms with E-state index in [4.69, 9.17) is 14.2 Å². The summed E-state index contributed by atoms with van der Waals surface area (Å²) in [5, 5.41) is 1.23. The molecule has 7 rings (SSSR count). The minimum atomic E-state index is -1.67. The molecule has 9 heteroatoms. The highest BCUT2D eigenvalue weighted by molar-refractivity contribution is 7.77. The average molecular weight is 811 g/mol. The average Bonchev–Trinajstić information content (AvgIpc) is 3.28. The number of methoxy groups -OCH3 is 3. The summed E-state index contributed by atoms with van der Waals surface area (Å²) in [6, 6.07) is 60.0. The largest absolute Gasteiger partial charge is 0.468 e. The van der Waals surface area contributed by atoms with Crippen molar-refractivity contribution < 1.29 is 28.6 Å². The van der Waals surface area contributed by atoms with Gasteiger partial charge in [0, 0.05) is 0 Å². The molecule has 0 bridgehead atoms. The van der Waals surface area contributed by atoms with Crippen LogP contribution >= 0.6 is 23.8 Å². The molecule has 1 fully saturated rings. The van der Waals surface area contributed by atoms with Crippen LogP contribution in [0.25, 0.3) is 0 Å². The van der Waals surface area contributed by atoms with Gasteiger partial charge in [-0.15, -0.1) is 0 Å². The number of carbonyl (C=O) groups excluding carboxylic acids is 3. The topological polar surface area (TPSA) is 78.9 Å². The number of hydrogen-bond donors (Lipinski definition) is 0. The molecule has 0 aliphatic heterocycles. The van der Waals surface area contributed by atoms with E-state index < -0.39 is 57.1 Å². The van der Waals surface area contributed by atoms with Crippen molar-refractivity contribution in [1.82, 2.24) is 0 Å². The number of esters is 3. The zero-order valence-corrected chi connectivity index (χ0v) is 34.9. The molecule has 6 aromatic carbocycles. The van der Waals surface area contributed by atoms with Gasteiger partial charge in [0.15, 0.2) is 0 Å². The summed E-state index contributed by atoms with van der Waals surface area (Å²) in [5.74, 6) is -1.43. The second-order valence-corrected chi connectivity index (χ2v) is 21.8. The van der Waals surface area contributed by atoms with E-state index in [-0.39, 0.29) is 19.3 Å². The molecule has 57 heavy (non-hydrogen) atoms. The van der Waals surface area contributed by atoms with E-state index in [0.29, 0.717) is 0 Å². The van der Waals surface area contributed by atoms with Crippen LogP contribution in [0.1, 0.15) is 19.3 Å². The predicted octanol–water partition coefficient (Wildman–Crippen LogP) is 7.30. The molecular formula is C48H45O6P3. The second kappa shape index (κ2) is 17.7. The zero-order chi connectivity index (χ0) is 39.9. The van der Waals surface area contributed by atoms with Crippen molar-refractivity contribution >= 4 is 73.5 Å². The Bertz CT molecular complexity index is 1880. The van der Waals surface area contributed by atoms with Crippen LogP contribution in [0, 0.1) is 0 Å². The van der Waals surface area contributed by atoms with Gasteiger partial charge in [-0.3, -0.25) is 14.4 Å². The predicted molar refractivity (Wildman–Crippen MR) is 235 cm³/mol. The Kier molecular flexibility index (Phi) is 12.5. The Morgan fingerprint density at radius 1 is 0.333 bits per heavy atom. The highest BCUT2D eigenvalue weighted by atomic mass is 31.1. The molecule has 6 nitrogen and oxygen atoms in total. The first-order valence-corrected chi connectivity index (χ1v) is 22.8. The van der Waals surface area contributed by atoms with Crippen LogP contribution in [0.15, 0.2) is 182 Å². The maximum Gasteiger partial charge on any atom is 0.316 e. The van der Waals surface area contributed by atoms with Gasteiger partial charge in [-0.2, -0.15) is 0 Å². The Balaban J connectivity index is 1.69. The molecule has 288 valence electrons. The lowest BCUT2D eigenvalue weighted by molar-refractivity contribution is -0.153. The molecule has 0 unspecified atom stereocenters. The van der Waals surface area contributed by atoms with Crippen molar-refractivity contribution in [3.63, 3.8) is 0 Å². The number of carbonyl (C=O) groups is 3. The second-order valence-electron chi connectivity index (χ2n) is 14.1. The van der Waals surface area contributed by atoms with E-state index >= 15 is 14.4 Å². The SMILES string of the molecule is COC(=O)C1(P(c2ccccc2)c2ccccc2)CC(C(=O)OC)(P(c2ccccc2)c2ccccc2)CC(C(=O)OC)(P(c2ccccc2)c2ccccc2)C1. The Morgan fingerprint density at radius 3 is 0.632 bits per heavy atom. The normalized spacial score (nSPS) is 20.5. The van der Waals surface area contributed by atoms with Crippen molar-refractivity contribution in [2.75, 3.05) is 21.3 Å². The van der Waals surface area contributed by atoms with Crippen molar-refractivity contribution in [1.29, 1.82) is 0 Å². The van der Waals surface area contributed by atoms with Gasteiger partial charge in [0.2, 0.25) is 0 Å². The highest BCUT2D eigenvalue weighted by Gasteiger charge is 2.71. The van der Waals surface area contributed by atoms with E-state index in [2.05, 4.69) is 0 Å². The number of rotatable bonds is 12. The third-order valence-corrected chi connectivity index (χ3v) is 19.8. The molecule has 1 saturated carbocycles. The summed E-state index contributed by atoms with van der Waals surface area (Å²) in [6.45, 7) is 0. The summed E-state index contributed by atoms with van der Waals surface area (Å²) >= 11 is 0. The Hall–Kier alpha value is -4.98. The van der Waals surface area contributed by atoms with Gasteiger partial charge in [-0.05, 0) is 74.9 Å². The van der Waals surface area contributed by atoms with Crippen molar-refractivity contribution in [3.05, 3.63) is 182 Å². The Labute approximate surface area is 338 Å². The van der Waals surface area contributed by atoms with E-state index in [1.165, 1.54) is 21.3 Å². The fourth-order valence-electron chi connectivity index (χ4n) is 8.78. The first kappa shape index (κ1) is 40.2. The van der Waals surface area contributed by atoms with Crippen LogP contribution in [-0.4, -0.2) is 54.7 Å². The van der Waals surface area contributed by atoms with Crippen LogP contribution in [0.5, 0.6) is 0 Å². The molecule has 0 atom stereocenters. The van der Waals surface area contributed by atoms with Gasteiger partial charge < -0.3 is 14.2 Å². The lowest BCUT2D eigenvalue weighted by Gasteiger charge is -2.58. The fourth-order valence-corrected chi connectivity index (χ4v) is 19.2. The van der Waals surface area contributed by atoms with Gasteiger partial charge in [0.25, 0.3) is 0 Å². The standard InChI is InChI=1S/C48H45O6P3/c1-52-43(49)46(55(37-22-10-4-11-23-37)38-24-12-5-13-25-38)34-47(44(50)53-2,56(39-26-14-6-15-27-39)40-28-16-7-17-29-40)36-48(35-46,45(51)54-3)57(41-30-18-8-19-31-41)42-32-20-9-21-33-42/h4-33H,34-36H2,1-3H3.